The van der Waals surface area contributed by atoms with E-state index in [1.807, 2.05) is 0 Å². The maximum atomic E-state index is 12.1. The van der Waals surface area contributed by atoms with Gasteiger partial charge in [0.1, 0.15) is 18.3 Å². The second kappa shape index (κ2) is 15.2. The number of esters is 1. The molecule has 1 saturated heterocycles. The Morgan fingerprint density at radius 1 is 0.893 bits per heavy atom. The van der Waals surface area contributed by atoms with Crippen LogP contribution in [0.25, 0.3) is 0 Å². The van der Waals surface area contributed by atoms with Crippen LogP contribution in [-0.2, 0) is 19.0 Å². The molecule has 1 aliphatic heterocycles. The van der Waals surface area contributed by atoms with E-state index in [-0.39, 0.29) is 6.42 Å². The Balaban J connectivity index is 2.14. The SMILES string of the molecule is CCCCCCCCCCCCCC(=O)O[C@H]1[C@@H](OC)O[C@H](CO)[C@@H](O)[C@@H]1O. The molecule has 28 heavy (non-hydrogen) atoms. The highest BCUT2D eigenvalue weighted by Gasteiger charge is 2.46. The van der Waals surface area contributed by atoms with Crippen LogP contribution in [0.1, 0.15) is 84.0 Å². The zero-order valence-electron chi connectivity index (χ0n) is 17.6. The van der Waals surface area contributed by atoms with Gasteiger partial charge in [0.15, 0.2) is 12.4 Å². The van der Waals surface area contributed by atoms with Gasteiger partial charge in [0.05, 0.1) is 6.61 Å². The zero-order chi connectivity index (χ0) is 20.8. The Kier molecular flexibility index (Phi) is 13.7. The second-order valence-electron chi connectivity index (χ2n) is 7.68. The van der Waals surface area contributed by atoms with Crippen molar-refractivity contribution in [2.24, 2.45) is 0 Å². The smallest absolute Gasteiger partial charge is 0.306 e. The Morgan fingerprint density at radius 3 is 1.93 bits per heavy atom. The van der Waals surface area contributed by atoms with E-state index in [0.717, 1.165) is 19.3 Å². The second-order valence-corrected chi connectivity index (χ2v) is 7.68. The molecule has 0 unspecified atom stereocenters. The minimum absolute atomic E-state index is 0.260. The van der Waals surface area contributed by atoms with Crippen LogP contribution in [0.2, 0.25) is 0 Å². The Bertz CT molecular complexity index is 402. The van der Waals surface area contributed by atoms with E-state index < -0.39 is 43.3 Å². The van der Waals surface area contributed by atoms with E-state index in [0.29, 0.717) is 0 Å². The summed E-state index contributed by atoms with van der Waals surface area (Å²) >= 11 is 0. The lowest BCUT2D eigenvalue weighted by atomic mass is 9.99. The molecule has 3 N–H and O–H groups in total. The first-order chi connectivity index (χ1) is 13.5. The lowest BCUT2D eigenvalue weighted by Crippen LogP contribution is -2.60. The summed E-state index contributed by atoms with van der Waals surface area (Å²) in [6.07, 6.45) is 7.64. The predicted molar refractivity (Wildman–Crippen MR) is 106 cm³/mol. The molecule has 0 spiro atoms. The van der Waals surface area contributed by atoms with Crippen LogP contribution in [0.5, 0.6) is 0 Å². The molecule has 0 aromatic heterocycles. The Morgan fingerprint density at radius 2 is 1.43 bits per heavy atom. The van der Waals surface area contributed by atoms with Gasteiger partial charge in [0.25, 0.3) is 0 Å². The van der Waals surface area contributed by atoms with E-state index in [4.69, 9.17) is 14.2 Å². The molecular formula is C21H40O7. The van der Waals surface area contributed by atoms with E-state index in [1.165, 1.54) is 58.5 Å². The number of hydrogen-bond acceptors (Lipinski definition) is 7. The summed E-state index contributed by atoms with van der Waals surface area (Å²) in [5.74, 6) is -0.444. The van der Waals surface area contributed by atoms with Crippen molar-refractivity contribution in [3.63, 3.8) is 0 Å². The van der Waals surface area contributed by atoms with Gasteiger partial charge in [0.2, 0.25) is 0 Å². The third-order valence-corrected chi connectivity index (χ3v) is 5.31. The number of carbonyl (C=O) groups excluding carboxylic acids is 1. The third kappa shape index (κ3) is 9.18. The first-order valence-corrected chi connectivity index (χ1v) is 10.9. The highest BCUT2D eigenvalue weighted by Crippen LogP contribution is 2.24. The summed E-state index contributed by atoms with van der Waals surface area (Å²) in [5.41, 5.74) is 0. The Labute approximate surface area is 169 Å². The van der Waals surface area contributed by atoms with Gasteiger partial charge in [-0.25, -0.2) is 0 Å². The van der Waals surface area contributed by atoms with Crippen LogP contribution in [0.4, 0.5) is 0 Å². The fourth-order valence-corrected chi connectivity index (χ4v) is 3.52. The molecule has 0 bridgehead atoms. The number of unbranched alkanes of at least 4 members (excludes halogenated alkanes) is 10. The van der Waals surface area contributed by atoms with Gasteiger partial charge >= 0.3 is 5.97 Å². The molecule has 1 aliphatic rings. The summed E-state index contributed by atoms with van der Waals surface area (Å²) in [5, 5.41) is 29.3. The van der Waals surface area contributed by atoms with Crippen LogP contribution in [0.15, 0.2) is 0 Å². The van der Waals surface area contributed by atoms with Gasteiger partial charge in [-0.15, -0.1) is 0 Å². The van der Waals surface area contributed by atoms with Crippen molar-refractivity contribution in [2.75, 3.05) is 13.7 Å². The summed E-state index contributed by atoms with van der Waals surface area (Å²) in [7, 11) is 1.36. The van der Waals surface area contributed by atoms with Crippen molar-refractivity contribution < 1.29 is 34.3 Å². The average Bonchev–Trinajstić information content (AvgIpc) is 2.70. The van der Waals surface area contributed by atoms with Crippen LogP contribution in [0.3, 0.4) is 0 Å². The number of methoxy groups -OCH3 is 1. The lowest BCUT2D eigenvalue weighted by Gasteiger charge is -2.40. The van der Waals surface area contributed by atoms with Gasteiger partial charge in [-0.2, -0.15) is 0 Å². The summed E-state index contributed by atoms with van der Waals surface area (Å²) in [6.45, 7) is 1.77. The molecule has 0 aliphatic carbocycles. The first kappa shape index (κ1) is 25.3. The van der Waals surface area contributed by atoms with E-state index in [1.54, 1.807) is 0 Å². The van der Waals surface area contributed by atoms with Gasteiger partial charge in [0, 0.05) is 13.5 Å². The molecule has 0 saturated carbocycles. The van der Waals surface area contributed by atoms with Gasteiger partial charge in [-0.05, 0) is 6.42 Å². The molecule has 1 fully saturated rings. The number of carbonyl (C=O) groups is 1. The van der Waals surface area contributed by atoms with E-state index >= 15 is 0 Å². The minimum atomic E-state index is -1.36. The highest BCUT2D eigenvalue weighted by atomic mass is 16.7. The molecule has 0 radical (unpaired) electrons. The van der Waals surface area contributed by atoms with Crippen LogP contribution >= 0.6 is 0 Å². The number of aliphatic hydroxyl groups is 3. The number of ether oxygens (including phenoxy) is 3. The summed E-state index contributed by atoms with van der Waals surface area (Å²) < 4.78 is 15.7. The van der Waals surface area contributed by atoms with Crippen LogP contribution in [0, 0.1) is 0 Å². The number of hydrogen-bond donors (Lipinski definition) is 3. The van der Waals surface area contributed by atoms with Crippen molar-refractivity contribution in [3.8, 4) is 0 Å². The maximum absolute atomic E-state index is 12.1. The maximum Gasteiger partial charge on any atom is 0.306 e. The predicted octanol–water partition coefficient (Wildman–Crippen LogP) is 2.68. The van der Waals surface area contributed by atoms with Gasteiger partial charge in [-0.1, -0.05) is 71.1 Å². The van der Waals surface area contributed by atoms with Gasteiger partial charge < -0.3 is 29.5 Å². The van der Waals surface area contributed by atoms with Crippen molar-refractivity contribution in [3.05, 3.63) is 0 Å². The normalized spacial score (nSPS) is 27.7. The topological polar surface area (TPSA) is 105 Å². The van der Waals surface area contributed by atoms with Crippen LogP contribution < -0.4 is 0 Å². The fraction of sp³-hybridized carbons (Fsp3) is 0.952. The number of aliphatic hydroxyl groups excluding tert-OH is 3. The molecule has 7 heteroatoms. The van der Waals surface area contributed by atoms with Crippen molar-refractivity contribution >= 4 is 5.97 Å². The quantitative estimate of drug-likeness (QED) is 0.285. The summed E-state index contributed by atoms with van der Waals surface area (Å²) in [6, 6.07) is 0. The lowest BCUT2D eigenvalue weighted by molar-refractivity contribution is -0.298. The molecule has 7 nitrogen and oxygen atoms in total. The average molecular weight is 405 g/mol. The first-order valence-electron chi connectivity index (χ1n) is 10.9. The molecule has 1 heterocycles. The fourth-order valence-electron chi connectivity index (χ4n) is 3.52. The largest absolute Gasteiger partial charge is 0.454 e. The molecule has 166 valence electrons. The monoisotopic (exact) mass is 404 g/mol. The standard InChI is InChI=1S/C21H40O7/c1-3-4-5-6-7-8-9-10-11-12-13-14-17(23)28-20-19(25)18(24)16(15-22)27-21(20)26-2/h16,18-22,24-25H,3-15H2,1-2H3/t16-,18-,19+,20-,21+/m1/s1. The third-order valence-electron chi connectivity index (χ3n) is 5.31. The Hall–Kier alpha value is -0.730. The molecule has 0 aromatic rings. The minimum Gasteiger partial charge on any atom is -0.454 e. The zero-order valence-corrected chi connectivity index (χ0v) is 17.6. The van der Waals surface area contributed by atoms with Gasteiger partial charge in [-0.3, -0.25) is 4.79 Å². The van der Waals surface area contributed by atoms with Crippen molar-refractivity contribution in [2.45, 2.75) is 115 Å². The highest BCUT2D eigenvalue weighted by molar-refractivity contribution is 5.69. The van der Waals surface area contributed by atoms with E-state index in [9.17, 15) is 20.1 Å². The molecular weight excluding hydrogens is 364 g/mol. The van der Waals surface area contributed by atoms with Crippen molar-refractivity contribution in [1.29, 1.82) is 0 Å². The molecule has 0 amide bonds. The molecule has 1 rings (SSSR count). The number of rotatable bonds is 15. The van der Waals surface area contributed by atoms with Crippen LogP contribution in [-0.4, -0.2) is 65.7 Å². The van der Waals surface area contributed by atoms with Crippen molar-refractivity contribution in [1.82, 2.24) is 0 Å². The molecule has 0 aromatic carbocycles. The molecule has 5 atom stereocenters. The summed E-state index contributed by atoms with van der Waals surface area (Å²) in [4.78, 5) is 12.1. The van der Waals surface area contributed by atoms with E-state index in [2.05, 4.69) is 6.92 Å².